The summed E-state index contributed by atoms with van der Waals surface area (Å²) in [6, 6.07) is 5.48. The van der Waals surface area contributed by atoms with Gasteiger partial charge in [-0.1, -0.05) is 18.5 Å². The molecule has 0 fully saturated rings. The molecule has 0 aliphatic carbocycles. The van der Waals surface area contributed by atoms with Gasteiger partial charge in [-0.15, -0.1) is 0 Å². The number of hydrogen-bond donors (Lipinski definition) is 2. The molecule has 0 saturated heterocycles. The second kappa shape index (κ2) is 6.19. The summed E-state index contributed by atoms with van der Waals surface area (Å²) >= 11 is 7.41. The first kappa shape index (κ1) is 14.0. The largest absolute Gasteiger partial charge is 0.370 e. The molecule has 0 bridgehead atoms. The highest BCUT2D eigenvalue weighted by Gasteiger charge is 2.11. The molecule has 0 atom stereocenters. The molecular formula is C13H13ClN6S. The van der Waals surface area contributed by atoms with Crippen LogP contribution in [0.5, 0.6) is 0 Å². The van der Waals surface area contributed by atoms with E-state index < -0.39 is 0 Å². The Kier molecular flexibility index (Phi) is 4.12. The summed E-state index contributed by atoms with van der Waals surface area (Å²) in [5.74, 6) is 1.43. The minimum absolute atomic E-state index is 0.580. The van der Waals surface area contributed by atoms with Crippen LogP contribution in [0.4, 0.5) is 17.3 Å². The summed E-state index contributed by atoms with van der Waals surface area (Å²) in [4.78, 5) is 8.38. The van der Waals surface area contributed by atoms with E-state index >= 15 is 0 Å². The van der Waals surface area contributed by atoms with Crippen LogP contribution < -0.4 is 10.6 Å². The maximum absolute atomic E-state index is 6.25. The van der Waals surface area contributed by atoms with Crippen molar-refractivity contribution in [2.75, 3.05) is 17.2 Å². The number of hydrogen-bond acceptors (Lipinski definition) is 7. The molecule has 0 aliphatic heterocycles. The van der Waals surface area contributed by atoms with E-state index in [0.29, 0.717) is 16.5 Å². The zero-order valence-electron chi connectivity index (χ0n) is 11.3. The molecule has 8 heteroatoms. The van der Waals surface area contributed by atoms with Crippen molar-refractivity contribution in [2.45, 2.75) is 13.3 Å². The van der Waals surface area contributed by atoms with Gasteiger partial charge in [0.2, 0.25) is 0 Å². The molecule has 0 unspecified atom stereocenters. The lowest BCUT2D eigenvalue weighted by Gasteiger charge is -2.09. The third-order valence-electron chi connectivity index (χ3n) is 2.85. The molecule has 0 spiro atoms. The number of aromatic nitrogens is 4. The van der Waals surface area contributed by atoms with Crippen molar-refractivity contribution in [1.82, 2.24) is 18.7 Å². The van der Waals surface area contributed by atoms with Gasteiger partial charge in [-0.3, -0.25) is 0 Å². The quantitative estimate of drug-likeness (QED) is 0.746. The van der Waals surface area contributed by atoms with Gasteiger partial charge in [0.05, 0.1) is 22.4 Å². The summed E-state index contributed by atoms with van der Waals surface area (Å²) in [7, 11) is 0. The Balaban J connectivity index is 1.91. The first-order valence-electron chi connectivity index (χ1n) is 6.51. The van der Waals surface area contributed by atoms with Crippen LogP contribution in [0.2, 0.25) is 5.02 Å². The Morgan fingerprint density at radius 1 is 1.19 bits per heavy atom. The van der Waals surface area contributed by atoms with Gasteiger partial charge < -0.3 is 10.6 Å². The van der Waals surface area contributed by atoms with E-state index in [9.17, 15) is 0 Å². The van der Waals surface area contributed by atoms with E-state index in [4.69, 9.17) is 11.6 Å². The summed E-state index contributed by atoms with van der Waals surface area (Å²) < 4.78 is 8.48. The molecule has 3 aromatic rings. The lowest BCUT2D eigenvalue weighted by Crippen LogP contribution is -2.03. The van der Waals surface area contributed by atoms with Gasteiger partial charge in [0, 0.05) is 12.6 Å². The summed E-state index contributed by atoms with van der Waals surface area (Å²) in [5, 5.41) is 7.00. The first-order chi connectivity index (χ1) is 10.3. The standard InChI is InChI=1S/C13H13ClN6S/c1-2-5-15-10-6-11(17-7-16-10)18-12-8(14)3-4-9-13(12)20-21-19-9/h3-4,6-7H,2,5H2,1H3,(H2,15,16,17,18). The molecule has 2 aromatic heterocycles. The maximum Gasteiger partial charge on any atom is 0.135 e. The highest BCUT2D eigenvalue weighted by atomic mass is 35.5. The van der Waals surface area contributed by atoms with Crippen molar-refractivity contribution in [3.63, 3.8) is 0 Å². The maximum atomic E-state index is 6.25. The molecule has 0 radical (unpaired) electrons. The lowest BCUT2D eigenvalue weighted by atomic mass is 10.2. The number of rotatable bonds is 5. The predicted octanol–water partition coefficient (Wildman–Crippen LogP) is 3.70. The Morgan fingerprint density at radius 3 is 2.90 bits per heavy atom. The topological polar surface area (TPSA) is 75.6 Å². The van der Waals surface area contributed by atoms with Crippen LogP contribution in [0, 0.1) is 0 Å². The monoisotopic (exact) mass is 320 g/mol. The Labute approximate surface area is 130 Å². The minimum atomic E-state index is 0.580. The number of halogens is 1. The Hall–Kier alpha value is -1.99. The van der Waals surface area contributed by atoms with E-state index in [2.05, 4.69) is 36.3 Å². The smallest absolute Gasteiger partial charge is 0.135 e. The van der Waals surface area contributed by atoms with Crippen LogP contribution in [-0.4, -0.2) is 25.3 Å². The number of nitrogens with zero attached hydrogens (tertiary/aromatic N) is 4. The molecular weight excluding hydrogens is 308 g/mol. The fraction of sp³-hybridized carbons (Fsp3) is 0.231. The zero-order valence-corrected chi connectivity index (χ0v) is 12.9. The molecule has 2 heterocycles. The predicted molar refractivity (Wildman–Crippen MR) is 86.5 cm³/mol. The van der Waals surface area contributed by atoms with E-state index in [0.717, 1.165) is 41.5 Å². The number of anilines is 3. The lowest BCUT2D eigenvalue weighted by molar-refractivity contribution is 0.965. The fourth-order valence-corrected chi connectivity index (χ4v) is 2.59. The third kappa shape index (κ3) is 3.03. The molecule has 3 rings (SSSR count). The molecule has 0 amide bonds. The van der Waals surface area contributed by atoms with E-state index in [1.54, 1.807) is 6.07 Å². The average Bonchev–Trinajstić information content (AvgIpc) is 2.97. The van der Waals surface area contributed by atoms with Crippen molar-refractivity contribution in [3.8, 4) is 0 Å². The van der Waals surface area contributed by atoms with Crippen LogP contribution in [0.1, 0.15) is 13.3 Å². The highest BCUT2D eigenvalue weighted by molar-refractivity contribution is 7.00. The number of nitrogens with one attached hydrogen (secondary N) is 2. The van der Waals surface area contributed by atoms with Gasteiger partial charge in [0.1, 0.15) is 29.0 Å². The second-order valence-electron chi connectivity index (χ2n) is 4.39. The van der Waals surface area contributed by atoms with Gasteiger partial charge in [-0.05, 0) is 18.6 Å². The van der Waals surface area contributed by atoms with Crippen molar-refractivity contribution in [3.05, 3.63) is 29.5 Å². The van der Waals surface area contributed by atoms with Gasteiger partial charge in [-0.25, -0.2) is 9.97 Å². The van der Waals surface area contributed by atoms with Crippen LogP contribution in [0.25, 0.3) is 11.0 Å². The van der Waals surface area contributed by atoms with Gasteiger partial charge in [0.25, 0.3) is 0 Å². The van der Waals surface area contributed by atoms with Crippen molar-refractivity contribution >= 4 is 51.7 Å². The second-order valence-corrected chi connectivity index (χ2v) is 5.33. The summed E-state index contributed by atoms with van der Waals surface area (Å²) in [6.45, 7) is 2.96. The minimum Gasteiger partial charge on any atom is -0.370 e. The molecule has 1 aromatic carbocycles. The third-order valence-corrected chi connectivity index (χ3v) is 3.71. The van der Waals surface area contributed by atoms with Gasteiger partial charge in [-0.2, -0.15) is 8.75 Å². The zero-order chi connectivity index (χ0) is 14.7. The van der Waals surface area contributed by atoms with E-state index in [-0.39, 0.29) is 0 Å². The Morgan fingerprint density at radius 2 is 2.05 bits per heavy atom. The molecule has 6 nitrogen and oxygen atoms in total. The molecule has 2 N–H and O–H groups in total. The Bertz CT molecular complexity index is 759. The SMILES string of the molecule is CCCNc1cc(Nc2c(Cl)ccc3nsnc23)ncn1. The average molecular weight is 321 g/mol. The van der Waals surface area contributed by atoms with Gasteiger partial charge in [0.15, 0.2) is 0 Å². The first-order valence-corrected chi connectivity index (χ1v) is 7.62. The number of fused-ring (bicyclic) bond motifs is 1. The normalized spacial score (nSPS) is 10.8. The van der Waals surface area contributed by atoms with Crippen molar-refractivity contribution < 1.29 is 0 Å². The highest BCUT2D eigenvalue weighted by Crippen LogP contribution is 2.32. The molecule has 108 valence electrons. The summed E-state index contributed by atoms with van der Waals surface area (Å²) in [5.41, 5.74) is 2.27. The molecule has 0 saturated carbocycles. The van der Waals surface area contributed by atoms with Crippen LogP contribution in [-0.2, 0) is 0 Å². The summed E-state index contributed by atoms with van der Waals surface area (Å²) in [6.07, 6.45) is 2.54. The molecule has 21 heavy (non-hydrogen) atoms. The fourth-order valence-electron chi connectivity index (χ4n) is 1.85. The molecule has 0 aliphatic rings. The number of benzene rings is 1. The van der Waals surface area contributed by atoms with Crippen molar-refractivity contribution in [1.29, 1.82) is 0 Å². The van der Waals surface area contributed by atoms with E-state index in [1.807, 2.05) is 12.1 Å². The van der Waals surface area contributed by atoms with Crippen LogP contribution in [0.3, 0.4) is 0 Å². The van der Waals surface area contributed by atoms with Crippen molar-refractivity contribution in [2.24, 2.45) is 0 Å². The van der Waals surface area contributed by atoms with Crippen LogP contribution in [0.15, 0.2) is 24.5 Å². The van der Waals surface area contributed by atoms with E-state index in [1.165, 1.54) is 6.33 Å². The van der Waals surface area contributed by atoms with Crippen LogP contribution >= 0.6 is 23.3 Å². The van der Waals surface area contributed by atoms with Gasteiger partial charge >= 0.3 is 0 Å².